The van der Waals surface area contributed by atoms with E-state index in [1.807, 2.05) is 24.3 Å². The Kier molecular flexibility index (Phi) is 2.90. The molecule has 110 valence electrons. The molecule has 4 atom stereocenters. The Morgan fingerprint density at radius 2 is 2.00 bits per heavy atom. The Balaban J connectivity index is 1.84. The molecule has 1 aromatic rings. The lowest BCUT2D eigenvalue weighted by atomic mass is 9.59. The van der Waals surface area contributed by atoms with Crippen molar-refractivity contribution in [2.24, 2.45) is 17.3 Å². The van der Waals surface area contributed by atoms with Crippen LogP contribution in [-0.4, -0.2) is 11.8 Å². The Morgan fingerprint density at radius 3 is 2.67 bits per heavy atom. The second-order valence-electron chi connectivity index (χ2n) is 6.86. The molecule has 3 nitrogen and oxygen atoms in total. The van der Waals surface area contributed by atoms with E-state index in [9.17, 15) is 9.59 Å². The summed E-state index contributed by atoms with van der Waals surface area (Å²) >= 11 is 6.36. The highest BCUT2D eigenvalue weighted by Crippen LogP contribution is 2.64. The van der Waals surface area contributed by atoms with Crippen molar-refractivity contribution in [2.45, 2.75) is 38.0 Å². The number of imide groups is 1. The summed E-state index contributed by atoms with van der Waals surface area (Å²) < 4.78 is 0. The maximum absolute atomic E-state index is 12.6. The minimum Gasteiger partial charge on any atom is -0.296 e. The van der Waals surface area contributed by atoms with Gasteiger partial charge in [0.05, 0.1) is 5.92 Å². The molecule has 0 radical (unpaired) electrons. The van der Waals surface area contributed by atoms with Gasteiger partial charge >= 0.3 is 0 Å². The molecule has 2 aliphatic carbocycles. The van der Waals surface area contributed by atoms with Gasteiger partial charge in [-0.2, -0.15) is 0 Å². The van der Waals surface area contributed by atoms with E-state index in [0.717, 1.165) is 18.4 Å². The van der Waals surface area contributed by atoms with E-state index in [1.54, 1.807) is 0 Å². The van der Waals surface area contributed by atoms with Crippen LogP contribution in [0.4, 0.5) is 0 Å². The zero-order valence-electron chi connectivity index (χ0n) is 11.8. The van der Waals surface area contributed by atoms with E-state index in [4.69, 9.17) is 11.6 Å². The summed E-state index contributed by atoms with van der Waals surface area (Å²) in [5.74, 6) is 0.611. The molecule has 2 bridgehead atoms. The molecule has 1 aliphatic heterocycles. The molecule has 4 unspecified atom stereocenters. The Morgan fingerprint density at radius 1 is 1.19 bits per heavy atom. The first kappa shape index (κ1) is 13.3. The summed E-state index contributed by atoms with van der Waals surface area (Å²) in [6, 6.07) is 7.58. The molecule has 1 heterocycles. The molecule has 0 aromatic heterocycles. The summed E-state index contributed by atoms with van der Waals surface area (Å²) in [6.07, 6.45) is 5.02. The molecule has 1 aromatic carbocycles. The Hall–Kier alpha value is -1.35. The summed E-state index contributed by atoms with van der Waals surface area (Å²) in [4.78, 5) is 24.6. The van der Waals surface area contributed by atoms with E-state index in [1.165, 1.54) is 12.8 Å². The van der Waals surface area contributed by atoms with Crippen LogP contribution in [-0.2, 0) is 9.59 Å². The van der Waals surface area contributed by atoms with Crippen LogP contribution in [0, 0.1) is 17.3 Å². The number of rotatable bonds is 1. The lowest BCUT2D eigenvalue weighted by Gasteiger charge is -2.46. The molecule has 4 heteroatoms. The molecular formula is C17H18ClNO2. The molecule has 2 amide bonds. The van der Waals surface area contributed by atoms with Crippen LogP contribution in [0.25, 0.3) is 0 Å². The monoisotopic (exact) mass is 303 g/mol. The quantitative estimate of drug-likeness (QED) is 0.809. The standard InChI is InChI=1S/C17H18ClNO2/c18-13-4-2-1-3-12(13)15-16(21)19-14(20)9-17(15)8-10-5-6-11(17)7-10/h1-4,10-11,15H,5-9H2,(H,19,20,21). The second kappa shape index (κ2) is 4.57. The number of carbonyl (C=O) groups excluding carboxylic acids is 2. The smallest absolute Gasteiger partial charge is 0.234 e. The van der Waals surface area contributed by atoms with Crippen molar-refractivity contribution in [3.8, 4) is 0 Å². The number of nitrogens with one attached hydrogen (secondary N) is 1. The molecule has 1 saturated heterocycles. The number of hydrogen-bond donors (Lipinski definition) is 1. The van der Waals surface area contributed by atoms with Gasteiger partial charge in [0.15, 0.2) is 0 Å². The van der Waals surface area contributed by atoms with E-state index < -0.39 is 0 Å². The van der Waals surface area contributed by atoms with E-state index in [0.29, 0.717) is 23.3 Å². The first-order chi connectivity index (χ1) is 10.1. The van der Waals surface area contributed by atoms with Crippen LogP contribution < -0.4 is 5.32 Å². The third-order valence-corrected chi connectivity index (χ3v) is 6.17. The fourth-order valence-corrected chi connectivity index (χ4v) is 5.38. The zero-order valence-corrected chi connectivity index (χ0v) is 12.5. The lowest BCUT2D eigenvalue weighted by molar-refractivity contribution is -0.142. The van der Waals surface area contributed by atoms with Gasteiger partial charge < -0.3 is 0 Å². The van der Waals surface area contributed by atoms with Gasteiger partial charge in [-0.3, -0.25) is 14.9 Å². The van der Waals surface area contributed by atoms with E-state index in [2.05, 4.69) is 5.32 Å². The molecule has 3 fully saturated rings. The average molecular weight is 304 g/mol. The predicted octanol–water partition coefficient (Wildman–Crippen LogP) is 3.28. The predicted molar refractivity (Wildman–Crippen MR) is 79.8 cm³/mol. The third kappa shape index (κ3) is 1.87. The Bertz CT molecular complexity index is 629. The minimum absolute atomic E-state index is 0.115. The highest BCUT2D eigenvalue weighted by Gasteiger charge is 2.60. The molecule has 1 N–H and O–H groups in total. The normalized spacial score (nSPS) is 38.0. The maximum Gasteiger partial charge on any atom is 0.234 e. The zero-order chi connectivity index (χ0) is 14.6. The molecule has 3 aliphatic rings. The van der Waals surface area contributed by atoms with Crippen molar-refractivity contribution in [1.82, 2.24) is 5.32 Å². The molecule has 1 spiro atoms. The second-order valence-corrected chi connectivity index (χ2v) is 7.26. The van der Waals surface area contributed by atoms with E-state index in [-0.39, 0.29) is 23.1 Å². The van der Waals surface area contributed by atoms with Crippen LogP contribution in [0.15, 0.2) is 24.3 Å². The average Bonchev–Trinajstić information content (AvgIpc) is 3.00. The first-order valence-electron chi connectivity index (χ1n) is 7.68. The Labute approximate surface area is 129 Å². The number of hydrogen-bond acceptors (Lipinski definition) is 2. The third-order valence-electron chi connectivity index (χ3n) is 5.83. The van der Waals surface area contributed by atoms with Crippen LogP contribution in [0.5, 0.6) is 0 Å². The fourth-order valence-electron chi connectivity index (χ4n) is 5.13. The highest BCUT2D eigenvalue weighted by molar-refractivity contribution is 6.31. The van der Waals surface area contributed by atoms with Crippen molar-refractivity contribution in [3.05, 3.63) is 34.9 Å². The van der Waals surface area contributed by atoms with Crippen molar-refractivity contribution in [2.75, 3.05) is 0 Å². The number of carbonyl (C=O) groups is 2. The minimum atomic E-state index is -0.279. The van der Waals surface area contributed by atoms with Gasteiger partial charge in [0.1, 0.15) is 0 Å². The van der Waals surface area contributed by atoms with Gasteiger partial charge in [-0.05, 0) is 48.1 Å². The first-order valence-corrected chi connectivity index (χ1v) is 8.06. The number of benzene rings is 1. The van der Waals surface area contributed by atoms with Crippen molar-refractivity contribution < 1.29 is 9.59 Å². The van der Waals surface area contributed by atoms with Crippen molar-refractivity contribution >= 4 is 23.4 Å². The van der Waals surface area contributed by atoms with Gasteiger partial charge in [0.2, 0.25) is 11.8 Å². The van der Waals surface area contributed by atoms with Gasteiger partial charge in [0, 0.05) is 11.4 Å². The van der Waals surface area contributed by atoms with Gasteiger partial charge in [-0.15, -0.1) is 0 Å². The van der Waals surface area contributed by atoms with Gasteiger partial charge in [0.25, 0.3) is 0 Å². The van der Waals surface area contributed by atoms with Crippen LogP contribution in [0.3, 0.4) is 0 Å². The largest absolute Gasteiger partial charge is 0.296 e. The van der Waals surface area contributed by atoms with Crippen molar-refractivity contribution in [3.63, 3.8) is 0 Å². The molecule has 4 rings (SSSR count). The SMILES string of the molecule is O=C1CC2(CC3CCC2C3)C(c2ccccc2Cl)C(=O)N1. The highest BCUT2D eigenvalue weighted by atomic mass is 35.5. The summed E-state index contributed by atoms with van der Waals surface area (Å²) in [5, 5.41) is 3.16. The van der Waals surface area contributed by atoms with Crippen LogP contribution in [0.1, 0.15) is 43.6 Å². The topological polar surface area (TPSA) is 46.2 Å². The summed E-state index contributed by atoms with van der Waals surface area (Å²) in [7, 11) is 0. The van der Waals surface area contributed by atoms with Crippen molar-refractivity contribution in [1.29, 1.82) is 0 Å². The van der Waals surface area contributed by atoms with E-state index >= 15 is 0 Å². The number of halogens is 1. The van der Waals surface area contributed by atoms with Gasteiger partial charge in [-0.1, -0.05) is 36.2 Å². The molecule has 21 heavy (non-hydrogen) atoms. The van der Waals surface area contributed by atoms with Crippen LogP contribution >= 0.6 is 11.6 Å². The number of fused-ring (bicyclic) bond motifs is 3. The maximum atomic E-state index is 12.6. The molecular weight excluding hydrogens is 286 g/mol. The lowest BCUT2D eigenvalue weighted by Crippen LogP contribution is -2.52. The van der Waals surface area contributed by atoms with Gasteiger partial charge in [-0.25, -0.2) is 0 Å². The summed E-state index contributed by atoms with van der Waals surface area (Å²) in [6.45, 7) is 0. The fraction of sp³-hybridized carbons (Fsp3) is 0.529. The number of piperidine rings is 1. The van der Waals surface area contributed by atoms with Crippen LogP contribution in [0.2, 0.25) is 5.02 Å². The summed E-state index contributed by atoms with van der Waals surface area (Å²) in [5.41, 5.74) is 0.685. The number of amides is 2. The molecule has 2 saturated carbocycles.